The molecule has 0 bridgehead atoms. The Morgan fingerprint density at radius 1 is 0.897 bits per heavy atom. The van der Waals surface area contributed by atoms with Crippen LogP contribution >= 0.6 is 0 Å². The molecule has 2 aromatic rings. The van der Waals surface area contributed by atoms with E-state index in [4.69, 9.17) is 29.3 Å². The van der Waals surface area contributed by atoms with Crippen molar-refractivity contribution < 1.29 is 29.3 Å². The summed E-state index contributed by atoms with van der Waals surface area (Å²) in [6, 6.07) is 14.9. The molecule has 158 valence electrons. The zero-order valence-electron chi connectivity index (χ0n) is 17.3. The van der Waals surface area contributed by atoms with Gasteiger partial charge in [0.2, 0.25) is 0 Å². The Hall–Kier alpha value is -3.06. The lowest BCUT2D eigenvalue weighted by atomic mass is 10.0. The Bertz CT molecular complexity index is 774. The highest BCUT2D eigenvalue weighted by atomic mass is 16.5. The van der Waals surface area contributed by atoms with E-state index in [0.29, 0.717) is 5.92 Å². The molecule has 0 aliphatic carbocycles. The fraction of sp³-hybridized carbons (Fsp3) is 0.364. The molecule has 2 aromatic carbocycles. The van der Waals surface area contributed by atoms with Crippen LogP contribution in [0.1, 0.15) is 36.5 Å². The molecule has 7 nitrogen and oxygen atoms in total. The molecule has 0 amide bonds. The van der Waals surface area contributed by atoms with Crippen LogP contribution in [0.3, 0.4) is 0 Å². The van der Waals surface area contributed by atoms with Gasteiger partial charge < -0.3 is 25.0 Å². The highest BCUT2D eigenvalue weighted by Gasteiger charge is 2.05. The Kier molecular flexibility index (Phi) is 10.3. The van der Waals surface area contributed by atoms with Crippen LogP contribution in [0, 0.1) is 0 Å². The molecule has 0 saturated carbocycles. The summed E-state index contributed by atoms with van der Waals surface area (Å²) in [7, 11) is 3.32. The zero-order valence-corrected chi connectivity index (χ0v) is 17.3. The van der Waals surface area contributed by atoms with Gasteiger partial charge in [-0.2, -0.15) is 0 Å². The minimum absolute atomic E-state index is 0.585. The van der Waals surface area contributed by atoms with Crippen LogP contribution in [-0.2, 0) is 22.6 Å². The molecule has 7 heteroatoms. The third kappa shape index (κ3) is 8.66. The van der Waals surface area contributed by atoms with Gasteiger partial charge in [0.25, 0.3) is 0 Å². The number of hydrogen-bond acceptors (Lipinski definition) is 5. The van der Waals surface area contributed by atoms with Crippen molar-refractivity contribution in [3.8, 4) is 11.5 Å². The number of aliphatic carboxylic acids is 2. The van der Waals surface area contributed by atoms with Crippen molar-refractivity contribution in [2.75, 3.05) is 20.8 Å². The van der Waals surface area contributed by atoms with E-state index in [-0.39, 0.29) is 0 Å². The molecule has 3 N–H and O–H groups in total. The number of rotatable bonds is 8. The van der Waals surface area contributed by atoms with Crippen molar-refractivity contribution >= 4 is 11.9 Å². The quantitative estimate of drug-likeness (QED) is 0.459. The van der Waals surface area contributed by atoms with Crippen LogP contribution in [0.25, 0.3) is 0 Å². The molecule has 2 rings (SSSR count). The molecular formula is C22H29NO6. The summed E-state index contributed by atoms with van der Waals surface area (Å²) in [5.41, 5.74) is 3.95. The first-order valence-electron chi connectivity index (χ1n) is 9.25. The monoisotopic (exact) mass is 403 g/mol. The number of carboxylic acid groups (broad SMARTS) is 2. The lowest BCUT2D eigenvalue weighted by molar-refractivity contribution is -0.159. The average molecular weight is 403 g/mol. The molecule has 0 aliphatic rings. The molecule has 0 atom stereocenters. The maximum atomic E-state index is 9.10. The Morgan fingerprint density at radius 3 is 1.93 bits per heavy atom. The first-order chi connectivity index (χ1) is 13.8. The summed E-state index contributed by atoms with van der Waals surface area (Å²) in [4.78, 5) is 18.2. The fourth-order valence-corrected chi connectivity index (χ4v) is 2.52. The van der Waals surface area contributed by atoms with Crippen LogP contribution in [-0.4, -0.2) is 42.9 Å². The molecule has 0 aromatic heterocycles. The number of ether oxygens (including phenoxy) is 2. The van der Waals surface area contributed by atoms with Gasteiger partial charge in [-0.05, 0) is 47.7 Å². The molecule has 0 heterocycles. The van der Waals surface area contributed by atoms with E-state index in [0.717, 1.165) is 31.0 Å². The van der Waals surface area contributed by atoms with E-state index in [1.54, 1.807) is 14.2 Å². The molecule has 29 heavy (non-hydrogen) atoms. The topological polar surface area (TPSA) is 105 Å². The zero-order chi connectivity index (χ0) is 21.8. The average Bonchev–Trinajstić information content (AvgIpc) is 2.71. The van der Waals surface area contributed by atoms with E-state index in [2.05, 4.69) is 49.5 Å². The Labute approximate surface area is 171 Å². The van der Waals surface area contributed by atoms with Gasteiger partial charge >= 0.3 is 11.9 Å². The van der Waals surface area contributed by atoms with Gasteiger partial charge in [0.1, 0.15) is 0 Å². The minimum atomic E-state index is -1.82. The number of hydrogen-bond donors (Lipinski definition) is 3. The standard InChI is InChI=1S/C20H27NO2.C2H2O4/c1-15(2)18-8-5-17(6-9-18)14-21-12-11-16-7-10-19(22-3)20(13-16)23-4;3-1(4)2(5)6/h5-10,13,15,21H,11-12,14H2,1-4H3;(H,3,4)(H,5,6). The molecule has 0 saturated heterocycles. The smallest absolute Gasteiger partial charge is 0.414 e. The van der Waals surface area contributed by atoms with Crippen molar-refractivity contribution in [1.29, 1.82) is 0 Å². The summed E-state index contributed by atoms with van der Waals surface area (Å²) in [6.07, 6.45) is 0.963. The van der Waals surface area contributed by atoms with E-state index < -0.39 is 11.9 Å². The van der Waals surface area contributed by atoms with Gasteiger partial charge in [0.15, 0.2) is 11.5 Å². The second kappa shape index (κ2) is 12.4. The van der Waals surface area contributed by atoms with E-state index in [9.17, 15) is 0 Å². The third-order valence-corrected chi connectivity index (χ3v) is 4.20. The predicted molar refractivity (Wildman–Crippen MR) is 111 cm³/mol. The van der Waals surface area contributed by atoms with Crippen molar-refractivity contribution in [2.45, 2.75) is 32.7 Å². The number of carbonyl (C=O) groups is 2. The number of carboxylic acids is 2. The van der Waals surface area contributed by atoms with Crippen LogP contribution < -0.4 is 14.8 Å². The largest absolute Gasteiger partial charge is 0.493 e. The Balaban J connectivity index is 0.000000612. The number of benzene rings is 2. The summed E-state index contributed by atoms with van der Waals surface area (Å²) < 4.78 is 10.6. The van der Waals surface area contributed by atoms with Crippen LogP contribution in [0.15, 0.2) is 42.5 Å². The maximum Gasteiger partial charge on any atom is 0.414 e. The van der Waals surface area contributed by atoms with Gasteiger partial charge in [-0.25, -0.2) is 9.59 Å². The van der Waals surface area contributed by atoms with Gasteiger partial charge in [0, 0.05) is 6.54 Å². The molecule has 0 fully saturated rings. The van der Waals surface area contributed by atoms with Gasteiger partial charge in [-0.3, -0.25) is 0 Å². The van der Waals surface area contributed by atoms with Gasteiger partial charge in [-0.15, -0.1) is 0 Å². The SMILES string of the molecule is COc1ccc(CCNCc2ccc(C(C)C)cc2)cc1OC.O=C(O)C(=O)O. The van der Waals surface area contributed by atoms with Crippen molar-refractivity contribution in [1.82, 2.24) is 5.32 Å². The lowest BCUT2D eigenvalue weighted by Crippen LogP contribution is -2.16. The molecule has 0 spiro atoms. The summed E-state index contributed by atoms with van der Waals surface area (Å²) >= 11 is 0. The van der Waals surface area contributed by atoms with Crippen molar-refractivity contribution in [2.24, 2.45) is 0 Å². The highest BCUT2D eigenvalue weighted by Crippen LogP contribution is 2.27. The highest BCUT2D eigenvalue weighted by molar-refractivity contribution is 6.27. The summed E-state index contributed by atoms with van der Waals surface area (Å²) in [5, 5.41) is 18.3. The molecule has 0 radical (unpaired) electrons. The predicted octanol–water partition coefficient (Wildman–Crippen LogP) is 3.32. The second-order valence-corrected chi connectivity index (χ2v) is 6.62. The van der Waals surface area contributed by atoms with Crippen molar-refractivity contribution in [3.63, 3.8) is 0 Å². The van der Waals surface area contributed by atoms with Crippen molar-refractivity contribution in [3.05, 3.63) is 59.2 Å². The van der Waals surface area contributed by atoms with Crippen LogP contribution in [0.5, 0.6) is 11.5 Å². The molecular weight excluding hydrogens is 374 g/mol. The molecule has 0 unspecified atom stereocenters. The normalized spacial score (nSPS) is 10.1. The Morgan fingerprint density at radius 2 is 1.45 bits per heavy atom. The van der Waals surface area contributed by atoms with Gasteiger partial charge in [0.05, 0.1) is 14.2 Å². The lowest BCUT2D eigenvalue weighted by Gasteiger charge is -2.10. The number of methoxy groups -OCH3 is 2. The first-order valence-corrected chi connectivity index (χ1v) is 9.25. The van der Waals surface area contributed by atoms with E-state index in [1.807, 2.05) is 12.1 Å². The van der Waals surface area contributed by atoms with E-state index in [1.165, 1.54) is 16.7 Å². The first kappa shape index (κ1) is 24.0. The van der Waals surface area contributed by atoms with Crippen LogP contribution in [0.2, 0.25) is 0 Å². The van der Waals surface area contributed by atoms with Gasteiger partial charge in [-0.1, -0.05) is 44.2 Å². The second-order valence-electron chi connectivity index (χ2n) is 6.62. The maximum absolute atomic E-state index is 9.10. The molecule has 0 aliphatic heterocycles. The number of nitrogens with one attached hydrogen (secondary N) is 1. The summed E-state index contributed by atoms with van der Waals surface area (Å²) in [6.45, 7) is 6.26. The minimum Gasteiger partial charge on any atom is -0.493 e. The van der Waals surface area contributed by atoms with E-state index >= 15 is 0 Å². The van der Waals surface area contributed by atoms with Crippen LogP contribution in [0.4, 0.5) is 0 Å². The summed E-state index contributed by atoms with van der Waals surface area (Å²) in [5.74, 6) is -1.50. The fourth-order valence-electron chi connectivity index (χ4n) is 2.52. The third-order valence-electron chi connectivity index (χ3n) is 4.20.